The summed E-state index contributed by atoms with van der Waals surface area (Å²) >= 11 is 0. The van der Waals surface area contributed by atoms with Crippen molar-refractivity contribution in [3.05, 3.63) is 47.5 Å². The average Bonchev–Trinajstić information content (AvgIpc) is 2.93. The Bertz CT molecular complexity index is 972. The van der Waals surface area contributed by atoms with Crippen LogP contribution in [0.2, 0.25) is 0 Å². The molecular weight excluding hydrogens is 368 g/mol. The molecule has 2 aromatic carbocycles. The van der Waals surface area contributed by atoms with Gasteiger partial charge >= 0.3 is 0 Å². The summed E-state index contributed by atoms with van der Waals surface area (Å²) < 4.78 is 38.4. The minimum atomic E-state index is -3.68. The largest absolute Gasteiger partial charge is 0.493 e. The number of likely N-dealkylation sites (N-methyl/N-ethyl adjacent to an activating group) is 1. The molecule has 0 saturated heterocycles. The van der Waals surface area contributed by atoms with Crippen molar-refractivity contribution in [3.63, 3.8) is 0 Å². The third-order valence-electron chi connectivity index (χ3n) is 4.41. The van der Waals surface area contributed by atoms with E-state index in [4.69, 9.17) is 9.47 Å². The van der Waals surface area contributed by atoms with Crippen molar-refractivity contribution < 1.29 is 22.7 Å². The first-order valence-corrected chi connectivity index (χ1v) is 9.97. The van der Waals surface area contributed by atoms with Crippen molar-refractivity contribution in [2.45, 2.75) is 18.2 Å². The molecule has 0 aliphatic carbocycles. The van der Waals surface area contributed by atoms with E-state index in [0.717, 1.165) is 11.3 Å². The number of carbonyl (C=O) groups is 1. The number of rotatable bonds is 7. The van der Waals surface area contributed by atoms with E-state index in [9.17, 15) is 13.2 Å². The fourth-order valence-corrected chi connectivity index (χ4v) is 3.99. The summed E-state index contributed by atoms with van der Waals surface area (Å²) in [5.74, 6) is 1.11. The van der Waals surface area contributed by atoms with Crippen molar-refractivity contribution >= 4 is 21.6 Å². The lowest BCUT2D eigenvalue weighted by molar-refractivity contribution is -0.117. The van der Waals surface area contributed by atoms with Crippen LogP contribution in [0.5, 0.6) is 11.5 Å². The molecule has 144 valence electrons. The summed E-state index contributed by atoms with van der Waals surface area (Å²) in [6, 6.07) is 10.2. The van der Waals surface area contributed by atoms with Crippen LogP contribution in [0.3, 0.4) is 0 Å². The van der Waals surface area contributed by atoms with Crippen molar-refractivity contribution in [1.29, 1.82) is 0 Å². The van der Waals surface area contributed by atoms with Crippen LogP contribution in [0, 0.1) is 6.92 Å². The highest BCUT2D eigenvalue weighted by Gasteiger charge is 2.26. The number of nitrogens with zero attached hydrogens (tertiary/aromatic N) is 1. The van der Waals surface area contributed by atoms with Crippen molar-refractivity contribution in [2.75, 3.05) is 32.2 Å². The number of hydrogen-bond acceptors (Lipinski definition) is 5. The molecule has 3 rings (SSSR count). The third-order valence-corrected chi connectivity index (χ3v) is 5.87. The Labute approximate surface area is 158 Å². The Hall–Kier alpha value is -2.58. The molecule has 0 spiro atoms. The maximum Gasteiger partial charge on any atom is 0.240 e. The van der Waals surface area contributed by atoms with Crippen LogP contribution in [0.1, 0.15) is 11.1 Å². The number of hydrogen-bond donors (Lipinski definition) is 1. The van der Waals surface area contributed by atoms with Gasteiger partial charge in [0.1, 0.15) is 6.61 Å². The summed E-state index contributed by atoms with van der Waals surface area (Å²) in [6.45, 7) is 2.21. The number of sulfonamides is 1. The van der Waals surface area contributed by atoms with Crippen LogP contribution < -0.4 is 19.1 Å². The molecule has 1 amide bonds. The van der Waals surface area contributed by atoms with Gasteiger partial charge in [-0.2, -0.15) is 0 Å². The highest BCUT2D eigenvalue weighted by molar-refractivity contribution is 7.89. The number of ether oxygens (including phenoxy) is 2. The van der Waals surface area contributed by atoms with E-state index in [0.29, 0.717) is 17.1 Å². The number of benzene rings is 2. The normalized spacial score (nSPS) is 13.6. The molecule has 0 saturated carbocycles. The molecule has 1 heterocycles. The molecule has 7 nitrogen and oxygen atoms in total. The first-order valence-electron chi connectivity index (χ1n) is 8.48. The quantitative estimate of drug-likeness (QED) is 0.730. The Morgan fingerprint density at radius 3 is 2.67 bits per heavy atom. The molecule has 0 bridgehead atoms. The van der Waals surface area contributed by atoms with Gasteiger partial charge in [-0.15, -0.1) is 0 Å². The number of aryl methyl sites for hydroxylation is 1. The molecule has 0 aromatic heterocycles. The number of fused-ring (bicyclic) bond motifs is 1. The highest BCUT2D eigenvalue weighted by Crippen LogP contribution is 2.30. The van der Waals surface area contributed by atoms with Crippen LogP contribution in [-0.4, -0.2) is 41.6 Å². The summed E-state index contributed by atoms with van der Waals surface area (Å²) in [4.78, 5) is 13.4. The molecule has 8 heteroatoms. The second kappa shape index (κ2) is 7.58. The Morgan fingerprint density at radius 2 is 1.93 bits per heavy atom. The smallest absolute Gasteiger partial charge is 0.240 e. The fourth-order valence-electron chi connectivity index (χ4n) is 2.93. The van der Waals surface area contributed by atoms with Crippen LogP contribution in [-0.2, 0) is 21.2 Å². The van der Waals surface area contributed by atoms with Crippen LogP contribution in [0.4, 0.5) is 5.69 Å². The highest BCUT2D eigenvalue weighted by atomic mass is 32.2. The molecule has 1 aliphatic heterocycles. The zero-order chi connectivity index (χ0) is 19.6. The number of methoxy groups -OCH3 is 1. The van der Waals surface area contributed by atoms with Crippen molar-refractivity contribution in [3.8, 4) is 11.5 Å². The topological polar surface area (TPSA) is 84.9 Å². The second-order valence-electron chi connectivity index (χ2n) is 6.32. The zero-order valence-corrected chi connectivity index (χ0v) is 16.3. The molecule has 0 radical (unpaired) electrons. The van der Waals surface area contributed by atoms with Gasteiger partial charge in [0.05, 0.1) is 18.4 Å². The van der Waals surface area contributed by atoms with Crippen LogP contribution >= 0.6 is 0 Å². The zero-order valence-electron chi connectivity index (χ0n) is 15.5. The maximum atomic E-state index is 12.5. The Balaban J connectivity index is 1.61. The molecule has 2 aromatic rings. The number of nitrogens with one attached hydrogen (secondary N) is 1. The maximum absolute atomic E-state index is 12.5. The van der Waals surface area contributed by atoms with E-state index < -0.39 is 10.0 Å². The van der Waals surface area contributed by atoms with E-state index in [1.165, 1.54) is 11.0 Å². The van der Waals surface area contributed by atoms with Gasteiger partial charge in [-0.1, -0.05) is 6.07 Å². The van der Waals surface area contributed by atoms with Crippen LogP contribution in [0.25, 0.3) is 0 Å². The molecule has 27 heavy (non-hydrogen) atoms. The lowest BCUT2D eigenvalue weighted by atomic mass is 10.2. The van der Waals surface area contributed by atoms with E-state index in [1.807, 2.05) is 19.1 Å². The molecular formula is C19H22N2O5S. The van der Waals surface area contributed by atoms with Gasteiger partial charge in [-0.25, -0.2) is 13.1 Å². The molecule has 1 aliphatic rings. The Morgan fingerprint density at radius 1 is 1.15 bits per heavy atom. The minimum absolute atomic E-state index is 0.0482. The molecule has 0 atom stereocenters. The van der Waals surface area contributed by atoms with Crippen molar-refractivity contribution in [2.24, 2.45) is 0 Å². The van der Waals surface area contributed by atoms with Gasteiger partial charge < -0.3 is 14.4 Å². The van der Waals surface area contributed by atoms with Gasteiger partial charge in [0, 0.05) is 19.3 Å². The molecule has 1 N–H and O–H groups in total. The fraction of sp³-hybridized carbons (Fsp3) is 0.316. The van der Waals surface area contributed by atoms with Gasteiger partial charge in [0.15, 0.2) is 11.5 Å². The van der Waals surface area contributed by atoms with E-state index in [2.05, 4.69) is 4.72 Å². The second-order valence-corrected chi connectivity index (χ2v) is 8.09. The van der Waals surface area contributed by atoms with Gasteiger partial charge in [-0.05, 0) is 48.4 Å². The van der Waals surface area contributed by atoms with Crippen LogP contribution in [0.15, 0.2) is 41.3 Å². The summed E-state index contributed by atoms with van der Waals surface area (Å²) in [5, 5.41) is 0. The first-order chi connectivity index (χ1) is 12.8. The molecule has 0 fully saturated rings. The monoisotopic (exact) mass is 390 g/mol. The average molecular weight is 390 g/mol. The van der Waals surface area contributed by atoms with E-state index in [1.54, 1.807) is 32.4 Å². The first kappa shape index (κ1) is 19.2. The number of amides is 1. The standard InChI is InChI=1S/C19H22N2O5S/c1-13-4-7-17(18(10-13)25-3)26-9-8-20-27(23,24)15-5-6-16-14(11-15)12-19(22)21(16)2/h4-7,10-11,20H,8-9,12H2,1-3H3. The predicted octanol–water partition coefficient (Wildman–Crippen LogP) is 1.88. The minimum Gasteiger partial charge on any atom is -0.493 e. The lowest BCUT2D eigenvalue weighted by Gasteiger charge is -2.13. The van der Waals surface area contributed by atoms with Gasteiger partial charge in [-0.3, -0.25) is 4.79 Å². The summed E-state index contributed by atoms with van der Waals surface area (Å²) in [5.41, 5.74) is 2.50. The predicted molar refractivity (Wildman–Crippen MR) is 102 cm³/mol. The number of carbonyl (C=O) groups excluding carboxylic acids is 1. The Kier molecular flexibility index (Phi) is 5.38. The SMILES string of the molecule is COc1cc(C)ccc1OCCNS(=O)(=O)c1ccc2c(c1)CC(=O)N2C. The summed E-state index contributed by atoms with van der Waals surface area (Å²) in [7, 11) is -0.451. The molecule has 0 unspecified atom stereocenters. The third kappa shape index (κ3) is 4.06. The van der Waals surface area contributed by atoms with E-state index in [-0.39, 0.29) is 30.4 Å². The lowest BCUT2D eigenvalue weighted by Crippen LogP contribution is -2.28. The van der Waals surface area contributed by atoms with Gasteiger partial charge in [0.2, 0.25) is 15.9 Å². The van der Waals surface area contributed by atoms with E-state index >= 15 is 0 Å². The number of anilines is 1. The van der Waals surface area contributed by atoms with Crippen molar-refractivity contribution in [1.82, 2.24) is 4.72 Å². The summed E-state index contributed by atoms with van der Waals surface area (Å²) in [6.07, 6.45) is 0.214. The van der Waals surface area contributed by atoms with Gasteiger partial charge in [0.25, 0.3) is 0 Å².